The number of nitrogens with zero attached hydrogens (tertiary/aromatic N) is 3. The SMILES string of the molecule is O=C(Cn1cccc1-c1nc(-c2ccc(F)c(Br)c2)no1)Nc1cc(F)ccc1F. The van der Waals surface area contributed by atoms with Crippen molar-refractivity contribution in [3.05, 3.63) is 76.7 Å². The normalized spacial score (nSPS) is 10.9. The van der Waals surface area contributed by atoms with Gasteiger partial charge in [0.05, 0.1) is 10.2 Å². The number of aromatic nitrogens is 3. The fourth-order valence-corrected chi connectivity index (χ4v) is 3.14. The number of amides is 1. The molecule has 0 saturated heterocycles. The highest BCUT2D eigenvalue weighted by Gasteiger charge is 2.17. The molecule has 0 saturated carbocycles. The molecule has 4 aromatic rings. The van der Waals surface area contributed by atoms with Crippen molar-refractivity contribution in [1.82, 2.24) is 14.7 Å². The van der Waals surface area contributed by atoms with E-state index in [1.165, 1.54) is 22.8 Å². The Hall–Kier alpha value is -3.40. The molecule has 152 valence electrons. The smallest absolute Gasteiger partial charge is 0.274 e. The van der Waals surface area contributed by atoms with Crippen molar-refractivity contribution in [2.75, 3.05) is 5.32 Å². The first kappa shape index (κ1) is 19.9. The quantitative estimate of drug-likeness (QED) is 0.438. The molecule has 6 nitrogen and oxygen atoms in total. The van der Waals surface area contributed by atoms with Crippen LogP contribution in [0.25, 0.3) is 23.0 Å². The summed E-state index contributed by atoms with van der Waals surface area (Å²) in [5.74, 6) is -2.02. The van der Waals surface area contributed by atoms with E-state index < -0.39 is 23.4 Å². The molecule has 30 heavy (non-hydrogen) atoms. The highest BCUT2D eigenvalue weighted by Crippen LogP contribution is 2.26. The zero-order valence-corrected chi connectivity index (χ0v) is 16.7. The van der Waals surface area contributed by atoms with E-state index in [1.807, 2.05) is 0 Å². The Kier molecular flexibility index (Phi) is 5.40. The van der Waals surface area contributed by atoms with Crippen molar-refractivity contribution >= 4 is 27.5 Å². The predicted molar refractivity (Wildman–Crippen MR) is 106 cm³/mol. The Morgan fingerprint density at radius 1 is 1.10 bits per heavy atom. The van der Waals surface area contributed by atoms with E-state index in [9.17, 15) is 18.0 Å². The van der Waals surface area contributed by atoms with Crippen molar-refractivity contribution in [3.63, 3.8) is 0 Å². The predicted octanol–water partition coefficient (Wildman–Crippen LogP) is 5.02. The fraction of sp³-hybridized carbons (Fsp3) is 0.0500. The molecule has 0 atom stereocenters. The zero-order valence-electron chi connectivity index (χ0n) is 15.1. The van der Waals surface area contributed by atoms with Crippen LogP contribution in [0.4, 0.5) is 18.9 Å². The number of halogens is 4. The molecule has 0 aliphatic rings. The third kappa shape index (κ3) is 4.13. The van der Waals surface area contributed by atoms with Gasteiger partial charge in [0, 0.05) is 17.8 Å². The first-order valence-corrected chi connectivity index (χ1v) is 9.39. The Bertz CT molecular complexity index is 1240. The second-order valence-corrected chi connectivity index (χ2v) is 7.10. The van der Waals surface area contributed by atoms with Gasteiger partial charge >= 0.3 is 0 Å². The molecule has 0 fully saturated rings. The molecule has 2 heterocycles. The molecule has 4 rings (SSSR count). The van der Waals surface area contributed by atoms with E-state index >= 15 is 0 Å². The number of carbonyl (C=O) groups is 1. The number of anilines is 1. The lowest BCUT2D eigenvalue weighted by Gasteiger charge is -2.09. The van der Waals surface area contributed by atoms with Gasteiger partial charge in [0.1, 0.15) is 29.7 Å². The van der Waals surface area contributed by atoms with Crippen molar-refractivity contribution in [1.29, 1.82) is 0 Å². The molecule has 0 aliphatic heterocycles. The van der Waals surface area contributed by atoms with Crippen LogP contribution in [0, 0.1) is 17.5 Å². The summed E-state index contributed by atoms with van der Waals surface area (Å²) in [5.41, 5.74) is 0.733. The molecular formula is C20H12BrF3N4O2. The molecule has 1 amide bonds. The van der Waals surface area contributed by atoms with Gasteiger partial charge in [-0.05, 0) is 58.4 Å². The van der Waals surface area contributed by atoms with E-state index in [4.69, 9.17) is 4.52 Å². The minimum absolute atomic E-state index is 0.139. The summed E-state index contributed by atoms with van der Waals surface area (Å²) in [4.78, 5) is 16.6. The summed E-state index contributed by atoms with van der Waals surface area (Å²) in [6.07, 6.45) is 1.61. The van der Waals surface area contributed by atoms with Crippen LogP contribution in [0.2, 0.25) is 0 Å². The van der Waals surface area contributed by atoms with Crippen molar-refractivity contribution in [2.45, 2.75) is 6.54 Å². The Balaban J connectivity index is 1.53. The van der Waals surface area contributed by atoms with Crippen molar-refractivity contribution in [2.24, 2.45) is 0 Å². The van der Waals surface area contributed by atoms with Gasteiger partial charge in [-0.25, -0.2) is 13.2 Å². The average Bonchev–Trinajstić information content (AvgIpc) is 3.36. The van der Waals surface area contributed by atoms with Crippen molar-refractivity contribution < 1.29 is 22.5 Å². The van der Waals surface area contributed by atoms with Gasteiger partial charge < -0.3 is 14.4 Å². The summed E-state index contributed by atoms with van der Waals surface area (Å²) in [6, 6.07) is 10.4. The minimum atomic E-state index is -0.746. The number of hydrogen-bond donors (Lipinski definition) is 1. The Morgan fingerprint density at radius 2 is 1.90 bits per heavy atom. The van der Waals surface area contributed by atoms with Crippen molar-refractivity contribution in [3.8, 4) is 23.0 Å². The van der Waals surface area contributed by atoms with Crippen LogP contribution in [0.15, 0.2) is 63.7 Å². The molecule has 2 aromatic heterocycles. The van der Waals surface area contributed by atoms with Crippen LogP contribution in [-0.2, 0) is 11.3 Å². The third-order valence-electron chi connectivity index (χ3n) is 4.17. The maximum absolute atomic E-state index is 13.7. The number of rotatable bonds is 5. The van der Waals surface area contributed by atoms with Crippen LogP contribution in [0.3, 0.4) is 0 Å². The molecule has 0 radical (unpaired) electrons. The van der Waals surface area contributed by atoms with E-state index in [2.05, 4.69) is 31.4 Å². The lowest BCUT2D eigenvalue weighted by molar-refractivity contribution is -0.116. The standard InChI is InChI=1S/C20H12BrF3N4O2/c21-13-8-11(3-5-14(13)23)19-26-20(30-27-19)17-2-1-7-28(17)10-18(29)25-16-9-12(22)4-6-15(16)24/h1-9H,10H2,(H,25,29). The molecule has 1 N–H and O–H groups in total. The molecule has 0 bridgehead atoms. The van der Waals surface area contributed by atoms with Gasteiger partial charge in [-0.2, -0.15) is 4.98 Å². The molecule has 0 unspecified atom stereocenters. The summed E-state index contributed by atoms with van der Waals surface area (Å²) in [6.45, 7) is -0.196. The van der Waals surface area contributed by atoms with E-state index in [0.29, 0.717) is 11.3 Å². The average molecular weight is 477 g/mol. The van der Waals surface area contributed by atoms with Crippen LogP contribution >= 0.6 is 15.9 Å². The van der Waals surface area contributed by atoms with E-state index in [1.54, 1.807) is 18.3 Å². The lowest BCUT2D eigenvalue weighted by Crippen LogP contribution is -2.19. The highest BCUT2D eigenvalue weighted by atomic mass is 79.9. The topological polar surface area (TPSA) is 73.0 Å². The van der Waals surface area contributed by atoms with Crippen LogP contribution < -0.4 is 5.32 Å². The highest BCUT2D eigenvalue weighted by molar-refractivity contribution is 9.10. The first-order chi connectivity index (χ1) is 14.4. The van der Waals surface area contributed by atoms with Gasteiger partial charge in [-0.3, -0.25) is 4.79 Å². The third-order valence-corrected chi connectivity index (χ3v) is 4.78. The van der Waals surface area contributed by atoms with Gasteiger partial charge in [-0.1, -0.05) is 5.16 Å². The maximum Gasteiger partial charge on any atom is 0.274 e. The maximum atomic E-state index is 13.7. The van der Waals surface area contributed by atoms with Gasteiger partial charge in [0.15, 0.2) is 0 Å². The second-order valence-electron chi connectivity index (χ2n) is 6.25. The number of carbonyl (C=O) groups excluding carboxylic acids is 1. The number of nitrogens with one attached hydrogen (secondary N) is 1. The number of hydrogen-bond acceptors (Lipinski definition) is 4. The summed E-state index contributed by atoms with van der Waals surface area (Å²) >= 11 is 3.10. The van der Waals surface area contributed by atoms with E-state index in [0.717, 1.165) is 18.2 Å². The molecular weight excluding hydrogens is 465 g/mol. The molecule has 10 heteroatoms. The summed E-state index contributed by atoms with van der Waals surface area (Å²) in [5, 5.41) is 6.22. The monoisotopic (exact) mass is 476 g/mol. The van der Waals surface area contributed by atoms with Gasteiger partial charge in [-0.15, -0.1) is 0 Å². The van der Waals surface area contributed by atoms with Crippen LogP contribution in [0.1, 0.15) is 0 Å². The molecule has 0 aliphatic carbocycles. The van der Waals surface area contributed by atoms with Gasteiger partial charge in [0.25, 0.3) is 5.89 Å². The molecule has 2 aromatic carbocycles. The zero-order chi connectivity index (χ0) is 21.3. The molecule has 0 spiro atoms. The lowest BCUT2D eigenvalue weighted by atomic mass is 10.2. The fourth-order valence-electron chi connectivity index (χ4n) is 2.76. The van der Waals surface area contributed by atoms with E-state index in [-0.39, 0.29) is 28.4 Å². The summed E-state index contributed by atoms with van der Waals surface area (Å²) in [7, 11) is 0. The largest absolute Gasteiger partial charge is 0.334 e. The Morgan fingerprint density at radius 3 is 2.70 bits per heavy atom. The van der Waals surface area contributed by atoms with Gasteiger partial charge in [0.2, 0.25) is 11.7 Å². The summed E-state index contributed by atoms with van der Waals surface area (Å²) < 4.78 is 47.5. The van der Waals surface area contributed by atoms with Crippen LogP contribution in [-0.4, -0.2) is 20.6 Å². The number of benzene rings is 2. The second kappa shape index (κ2) is 8.15. The minimum Gasteiger partial charge on any atom is -0.334 e. The Labute approximate surface area is 176 Å². The first-order valence-electron chi connectivity index (χ1n) is 8.60. The van der Waals surface area contributed by atoms with Crippen LogP contribution in [0.5, 0.6) is 0 Å².